The summed E-state index contributed by atoms with van der Waals surface area (Å²) in [5.74, 6) is -0.0302. The Kier molecular flexibility index (Phi) is 6.09. The van der Waals surface area contributed by atoms with E-state index >= 15 is 0 Å². The Balaban J connectivity index is 2.76. The van der Waals surface area contributed by atoms with Crippen LogP contribution in [0.2, 0.25) is 0 Å². The van der Waals surface area contributed by atoms with Crippen molar-refractivity contribution >= 4 is 41.6 Å². The van der Waals surface area contributed by atoms with Crippen molar-refractivity contribution in [2.45, 2.75) is 18.2 Å². The zero-order valence-corrected chi connectivity index (χ0v) is 13.3. The number of amides is 1. The summed E-state index contributed by atoms with van der Waals surface area (Å²) in [6.45, 7) is 2.43. The van der Waals surface area contributed by atoms with E-state index in [1.807, 2.05) is 6.92 Å². The topological polar surface area (TPSA) is 72.5 Å². The summed E-state index contributed by atoms with van der Waals surface area (Å²) < 4.78 is 28.6. The van der Waals surface area contributed by atoms with Crippen molar-refractivity contribution < 1.29 is 17.9 Å². The van der Waals surface area contributed by atoms with Crippen LogP contribution in [-0.2, 0) is 13.8 Å². The Morgan fingerprint density at radius 3 is 2.74 bits per heavy atom. The van der Waals surface area contributed by atoms with E-state index in [2.05, 4.69) is 21.2 Å². The first-order valence-corrected chi connectivity index (χ1v) is 8.58. The van der Waals surface area contributed by atoms with Crippen LogP contribution in [0.4, 0.5) is 0 Å². The molecule has 0 aliphatic carbocycles. The van der Waals surface area contributed by atoms with Gasteiger partial charge in [-0.1, -0.05) is 15.9 Å². The molecule has 0 aromatic heterocycles. The Morgan fingerprint density at radius 1 is 1.47 bits per heavy atom. The highest BCUT2D eigenvalue weighted by Crippen LogP contribution is 2.30. The second kappa shape index (κ2) is 7.12. The molecule has 0 saturated heterocycles. The van der Waals surface area contributed by atoms with E-state index in [0.29, 0.717) is 11.0 Å². The number of ether oxygens (including phenoxy) is 1. The molecule has 1 aromatic carbocycles. The highest BCUT2D eigenvalue weighted by atomic mass is 79.9. The molecule has 1 aromatic rings. The number of benzene rings is 1. The number of carbonyl (C=O) groups excluding carboxylic acids is 1. The van der Waals surface area contributed by atoms with Gasteiger partial charge in [-0.2, -0.15) is 0 Å². The smallest absolute Gasteiger partial charge is 0.265 e. The summed E-state index contributed by atoms with van der Waals surface area (Å²) in [7, 11) is 1.42. The first kappa shape index (κ1) is 16.3. The summed E-state index contributed by atoms with van der Waals surface area (Å²) in [5.41, 5.74) is 0. The van der Waals surface area contributed by atoms with E-state index in [0.717, 1.165) is 0 Å². The van der Waals surface area contributed by atoms with E-state index in [4.69, 9.17) is 15.4 Å². The van der Waals surface area contributed by atoms with Gasteiger partial charge in [0.25, 0.3) is 9.05 Å². The maximum absolute atomic E-state index is 11.4. The molecule has 0 atom stereocenters. The van der Waals surface area contributed by atoms with Gasteiger partial charge in [-0.15, -0.1) is 0 Å². The maximum Gasteiger partial charge on any atom is 0.265 e. The van der Waals surface area contributed by atoms with Gasteiger partial charge in [0.2, 0.25) is 5.91 Å². The van der Waals surface area contributed by atoms with Gasteiger partial charge in [0.15, 0.2) is 0 Å². The van der Waals surface area contributed by atoms with E-state index in [9.17, 15) is 13.2 Å². The van der Waals surface area contributed by atoms with Crippen molar-refractivity contribution in [1.82, 2.24) is 5.32 Å². The molecular weight excluding hydrogens is 358 g/mol. The standard InChI is InChI=1S/C11H13BrClNO4S/c1-2-14-11(15)5-6-18-9-4-3-8(12)7-10(9)19(13,16)17/h3-4,7H,2,5-6H2,1H3,(H,14,15). The van der Waals surface area contributed by atoms with Crippen molar-refractivity contribution in [3.8, 4) is 5.75 Å². The van der Waals surface area contributed by atoms with Gasteiger partial charge >= 0.3 is 0 Å². The highest BCUT2D eigenvalue weighted by molar-refractivity contribution is 9.10. The lowest BCUT2D eigenvalue weighted by Gasteiger charge is -2.09. The molecule has 8 heteroatoms. The van der Waals surface area contributed by atoms with Crippen molar-refractivity contribution in [1.29, 1.82) is 0 Å². The summed E-state index contributed by atoms with van der Waals surface area (Å²) in [6, 6.07) is 4.47. The molecule has 0 heterocycles. The lowest BCUT2D eigenvalue weighted by molar-refractivity contribution is -0.121. The molecule has 0 bridgehead atoms. The Morgan fingerprint density at radius 2 is 2.16 bits per heavy atom. The zero-order chi connectivity index (χ0) is 14.5. The fourth-order valence-corrected chi connectivity index (χ4v) is 2.84. The fraction of sp³-hybridized carbons (Fsp3) is 0.364. The SMILES string of the molecule is CCNC(=O)CCOc1ccc(Br)cc1S(=O)(=O)Cl. The quantitative estimate of drug-likeness (QED) is 0.780. The highest BCUT2D eigenvalue weighted by Gasteiger charge is 2.17. The fourth-order valence-electron chi connectivity index (χ4n) is 1.33. The third kappa shape index (κ3) is 5.38. The number of carbonyl (C=O) groups is 1. The molecule has 0 aliphatic heterocycles. The molecule has 1 rings (SSSR count). The number of hydrogen-bond donors (Lipinski definition) is 1. The molecule has 106 valence electrons. The van der Waals surface area contributed by atoms with Crippen LogP contribution in [0.5, 0.6) is 5.75 Å². The van der Waals surface area contributed by atoms with Crippen LogP contribution >= 0.6 is 26.6 Å². The molecule has 1 amide bonds. The number of rotatable bonds is 6. The number of hydrogen-bond acceptors (Lipinski definition) is 4. The van der Waals surface area contributed by atoms with Crippen LogP contribution in [0.25, 0.3) is 0 Å². The van der Waals surface area contributed by atoms with E-state index in [1.165, 1.54) is 12.1 Å². The predicted octanol–water partition coefficient (Wildman–Crippen LogP) is 2.28. The first-order valence-electron chi connectivity index (χ1n) is 5.48. The normalized spacial score (nSPS) is 11.1. The zero-order valence-electron chi connectivity index (χ0n) is 10.2. The van der Waals surface area contributed by atoms with Gasteiger partial charge in [0.1, 0.15) is 10.6 Å². The Bertz CT molecular complexity index is 562. The Labute approximate surface area is 124 Å². The monoisotopic (exact) mass is 369 g/mol. The van der Waals surface area contributed by atoms with E-state index < -0.39 is 9.05 Å². The summed E-state index contributed by atoms with van der Waals surface area (Å²) >= 11 is 3.16. The van der Waals surface area contributed by atoms with Crippen LogP contribution in [0.1, 0.15) is 13.3 Å². The third-order valence-electron chi connectivity index (χ3n) is 2.13. The Hall–Kier alpha value is -0.790. The first-order chi connectivity index (χ1) is 8.84. The summed E-state index contributed by atoms with van der Waals surface area (Å²) in [6.07, 6.45) is 0.145. The summed E-state index contributed by atoms with van der Waals surface area (Å²) in [4.78, 5) is 11.1. The molecule has 19 heavy (non-hydrogen) atoms. The molecule has 5 nitrogen and oxygen atoms in total. The lowest BCUT2D eigenvalue weighted by atomic mass is 10.3. The van der Waals surface area contributed by atoms with E-state index in [-0.39, 0.29) is 29.6 Å². The van der Waals surface area contributed by atoms with Gasteiger partial charge in [-0.3, -0.25) is 4.79 Å². The average molecular weight is 371 g/mol. The van der Waals surface area contributed by atoms with Crippen molar-refractivity contribution in [3.05, 3.63) is 22.7 Å². The van der Waals surface area contributed by atoms with Gasteiger partial charge < -0.3 is 10.1 Å². The second-order valence-corrected chi connectivity index (χ2v) is 7.03. The van der Waals surface area contributed by atoms with Crippen LogP contribution in [-0.4, -0.2) is 27.5 Å². The van der Waals surface area contributed by atoms with Gasteiger partial charge in [-0.25, -0.2) is 8.42 Å². The summed E-state index contributed by atoms with van der Waals surface area (Å²) in [5, 5.41) is 2.62. The maximum atomic E-state index is 11.4. The minimum absolute atomic E-state index is 0.0763. The van der Waals surface area contributed by atoms with E-state index in [1.54, 1.807) is 6.07 Å². The molecular formula is C11H13BrClNO4S. The van der Waals surface area contributed by atoms with Crippen molar-refractivity contribution in [3.63, 3.8) is 0 Å². The molecule has 0 spiro atoms. The van der Waals surface area contributed by atoms with Gasteiger partial charge in [-0.05, 0) is 25.1 Å². The second-order valence-electron chi connectivity index (χ2n) is 3.58. The third-order valence-corrected chi connectivity index (χ3v) is 3.97. The van der Waals surface area contributed by atoms with Crippen LogP contribution < -0.4 is 10.1 Å². The van der Waals surface area contributed by atoms with Crippen LogP contribution in [0, 0.1) is 0 Å². The average Bonchev–Trinajstić information content (AvgIpc) is 2.30. The molecule has 1 N–H and O–H groups in total. The van der Waals surface area contributed by atoms with Crippen molar-refractivity contribution in [2.24, 2.45) is 0 Å². The minimum atomic E-state index is -3.90. The molecule has 0 saturated carbocycles. The number of nitrogens with one attached hydrogen (secondary N) is 1. The molecule has 0 unspecified atom stereocenters. The largest absolute Gasteiger partial charge is 0.492 e. The predicted molar refractivity (Wildman–Crippen MR) is 76.0 cm³/mol. The lowest BCUT2D eigenvalue weighted by Crippen LogP contribution is -2.24. The van der Waals surface area contributed by atoms with Gasteiger partial charge in [0, 0.05) is 21.7 Å². The van der Waals surface area contributed by atoms with Crippen molar-refractivity contribution in [2.75, 3.05) is 13.2 Å². The minimum Gasteiger partial charge on any atom is -0.492 e. The van der Waals surface area contributed by atoms with Crippen LogP contribution in [0.15, 0.2) is 27.6 Å². The van der Waals surface area contributed by atoms with Gasteiger partial charge in [0.05, 0.1) is 13.0 Å². The van der Waals surface area contributed by atoms with Crippen LogP contribution in [0.3, 0.4) is 0 Å². The molecule has 0 fully saturated rings. The molecule has 0 aliphatic rings. The number of halogens is 2. The molecule has 0 radical (unpaired) electrons.